The lowest BCUT2D eigenvalue weighted by molar-refractivity contribution is -0.136. The molecule has 1 fully saturated rings. The Morgan fingerprint density at radius 1 is 0.923 bits per heavy atom. The molecule has 6 nitrogen and oxygen atoms in total. The molecule has 0 aliphatic carbocycles. The van der Waals surface area contributed by atoms with Gasteiger partial charge in [-0.25, -0.2) is 14.5 Å². The fourth-order valence-electron chi connectivity index (χ4n) is 4.76. The molecule has 0 aromatic heterocycles. The number of nitrogens with zero attached hydrogens (tertiary/aromatic N) is 1. The minimum atomic E-state index is -1.05. The van der Waals surface area contributed by atoms with Crippen molar-refractivity contribution >= 4 is 41.8 Å². The van der Waals surface area contributed by atoms with Gasteiger partial charge in [0.2, 0.25) is 5.91 Å². The lowest BCUT2D eigenvalue weighted by atomic mass is 9.95. The van der Waals surface area contributed by atoms with E-state index in [1.807, 2.05) is 62.4 Å². The molecule has 202 valence electrons. The van der Waals surface area contributed by atoms with Gasteiger partial charge >= 0.3 is 12.1 Å². The molecule has 0 spiro atoms. The Morgan fingerprint density at radius 3 is 2.00 bits per heavy atom. The maximum absolute atomic E-state index is 13.8. The van der Waals surface area contributed by atoms with Gasteiger partial charge in [0.15, 0.2) is 0 Å². The van der Waals surface area contributed by atoms with Crippen molar-refractivity contribution in [3.05, 3.63) is 103 Å². The van der Waals surface area contributed by atoms with Crippen LogP contribution in [0.1, 0.15) is 38.1 Å². The lowest BCUT2D eigenvalue weighted by Gasteiger charge is -2.30. The van der Waals surface area contributed by atoms with E-state index in [9.17, 15) is 14.4 Å². The van der Waals surface area contributed by atoms with Crippen molar-refractivity contribution < 1.29 is 23.9 Å². The Morgan fingerprint density at radius 2 is 1.46 bits per heavy atom. The monoisotopic (exact) mass is 543 g/mol. The molecule has 3 aromatic rings. The number of carbonyl (C=O) groups excluding carboxylic acids is 3. The first-order chi connectivity index (χ1) is 18.7. The van der Waals surface area contributed by atoms with Gasteiger partial charge in [0.25, 0.3) is 0 Å². The molecule has 0 radical (unpaired) electrons. The topological polar surface area (TPSA) is 72.9 Å². The second-order valence-electron chi connectivity index (χ2n) is 10.1. The Bertz CT molecular complexity index is 1300. The molecular weight excluding hydrogens is 509 g/mol. The maximum Gasteiger partial charge on any atom is 0.416 e. The van der Waals surface area contributed by atoms with Crippen molar-refractivity contribution in [2.45, 2.75) is 39.8 Å². The number of benzene rings is 3. The summed E-state index contributed by atoms with van der Waals surface area (Å²) in [4.78, 5) is 40.8. The number of amides is 2. The van der Waals surface area contributed by atoms with E-state index in [2.05, 4.69) is 30.8 Å². The third-order valence-electron chi connectivity index (χ3n) is 6.87. The Labute approximate surface area is 231 Å². The molecule has 0 bridgehead atoms. The van der Waals surface area contributed by atoms with Crippen molar-refractivity contribution in [3.63, 3.8) is 0 Å². The molecule has 1 heterocycles. The first-order valence-electron chi connectivity index (χ1n) is 13.1. The average Bonchev–Trinajstić information content (AvgIpc) is 3.34. The molecule has 0 saturated carbocycles. The third kappa shape index (κ3) is 6.12. The first kappa shape index (κ1) is 28.3. The van der Waals surface area contributed by atoms with E-state index in [-0.39, 0.29) is 18.6 Å². The van der Waals surface area contributed by atoms with Crippen molar-refractivity contribution in [1.29, 1.82) is 0 Å². The fourth-order valence-corrected chi connectivity index (χ4v) is 7.20. The van der Waals surface area contributed by atoms with E-state index in [1.165, 1.54) is 0 Å². The summed E-state index contributed by atoms with van der Waals surface area (Å²) in [6.45, 7) is 11.4. The Balaban J connectivity index is 1.66. The van der Waals surface area contributed by atoms with Crippen LogP contribution in [-0.2, 0) is 14.3 Å². The zero-order valence-corrected chi connectivity index (χ0v) is 23.6. The summed E-state index contributed by atoms with van der Waals surface area (Å²) in [7, 11) is -1.05. The van der Waals surface area contributed by atoms with E-state index in [0.717, 1.165) is 20.8 Å². The summed E-state index contributed by atoms with van der Waals surface area (Å²) >= 11 is 0. The van der Waals surface area contributed by atoms with E-state index in [0.29, 0.717) is 11.1 Å². The zero-order chi connectivity index (χ0) is 28.1. The smallest absolute Gasteiger partial charge is 0.416 e. The van der Waals surface area contributed by atoms with Gasteiger partial charge in [-0.1, -0.05) is 99.3 Å². The van der Waals surface area contributed by atoms with Crippen LogP contribution in [0.5, 0.6) is 0 Å². The largest absolute Gasteiger partial charge is 0.453 e. The SMILES string of the molecule is C=C(C)[C@H](OC(=O)c1ccccc1P(c1ccccc1)c1ccccc1)[C@H](C)C(=O)N1C(=O)OC[C@H]1C(C)C. The third-order valence-corrected chi connectivity index (χ3v) is 9.37. The summed E-state index contributed by atoms with van der Waals surface area (Å²) in [6.07, 6.45) is -1.59. The van der Waals surface area contributed by atoms with E-state index in [1.54, 1.807) is 26.0 Å². The Hall–Kier alpha value is -3.76. The molecule has 3 aromatic carbocycles. The molecule has 4 rings (SSSR count). The quantitative estimate of drug-likeness (QED) is 0.211. The molecule has 1 aliphatic rings. The highest BCUT2D eigenvalue weighted by atomic mass is 31.1. The van der Waals surface area contributed by atoms with Gasteiger partial charge < -0.3 is 9.47 Å². The van der Waals surface area contributed by atoms with Crippen LogP contribution in [0.4, 0.5) is 4.79 Å². The number of carbonyl (C=O) groups is 3. The van der Waals surface area contributed by atoms with Crippen LogP contribution >= 0.6 is 7.92 Å². The molecule has 0 unspecified atom stereocenters. The maximum atomic E-state index is 13.8. The van der Waals surface area contributed by atoms with E-state index in [4.69, 9.17) is 9.47 Å². The van der Waals surface area contributed by atoms with Crippen LogP contribution in [0.2, 0.25) is 0 Å². The van der Waals surface area contributed by atoms with Gasteiger partial charge in [0, 0.05) is 0 Å². The Kier molecular flexibility index (Phi) is 8.98. The fraction of sp³-hybridized carbons (Fsp3) is 0.281. The van der Waals surface area contributed by atoms with Gasteiger partial charge in [-0.2, -0.15) is 0 Å². The summed E-state index contributed by atoms with van der Waals surface area (Å²) in [6, 6.07) is 27.3. The molecule has 3 atom stereocenters. The summed E-state index contributed by atoms with van der Waals surface area (Å²) in [5.41, 5.74) is 0.951. The molecule has 1 aliphatic heterocycles. The highest BCUT2D eigenvalue weighted by Gasteiger charge is 2.43. The zero-order valence-electron chi connectivity index (χ0n) is 22.7. The minimum absolute atomic E-state index is 0.0283. The van der Waals surface area contributed by atoms with Crippen LogP contribution in [0, 0.1) is 11.8 Å². The second kappa shape index (κ2) is 12.4. The second-order valence-corrected chi connectivity index (χ2v) is 12.3. The summed E-state index contributed by atoms with van der Waals surface area (Å²) in [5.74, 6) is -1.78. The molecular formula is C32H34NO5P. The average molecular weight is 544 g/mol. The van der Waals surface area contributed by atoms with Crippen LogP contribution in [-0.4, -0.2) is 41.6 Å². The molecule has 39 heavy (non-hydrogen) atoms. The number of imide groups is 1. The minimum Gasteiger partial charge on any atom is -0.453 e. The highest BCUT2D eigenvalue weighted by molar-refractivity contribution is 7.80. The highest BCUT2D eigenvalue weighted by Crippen LogP contribution is 2.34. The standard InChI is InChI=1S/C32H34NO5P/c1-21(2)27-20-37-32(36)33(27)30(34)23(5)29(22(3)4)38-31(35)26-18-12-13-19-28(26)39(24-14-8-6-9-15-24)25-16-10-7-11-17-25/h6-19,21,23,27,29H,3,20H2,1-2,4-5H3/t23-,27-,29-/m0/s1. The first-order valence-corrected chi connectivity index (χ1v) is 14.4. The molecule has 2 amide bonds. The van der Waals surface area contributed by atoms with Crippen LogP contribution in [0.25, 0.3) is 0 Å². The van der Waals surface area contributed by atoms with Gasteiger partial charge in [-0.05, 0) is 55.2 Å². The number of cyclic esters (lactones) is 1. The molecule has 0 N–H and O–H groups in total. The summed E-state index contributed by atoms with van der Waals surface area (Å²) in [5, 5.41) is 3.06. The lowest BCUT2D eigenvalue weighted by Crippen LogP contribution is -2.47. The normalized spacial score (nSPS) is 16.6. The number of rotatable bonds is 9. The van der Waals surface area contributed by atoms with Crippen LogP contribution in [0.3, 0.4) is 0 Å². The number of hydrogen-bond acceptors (Lipinski definition) is 5. The van der Waals surface area contributed by atoms with Crippen LogP contribution in [0.15, 0.2) is 97.1 Å². The van der Waals surface area contributed by atoms with Crippen LogP contribution < -0.4 is 15.9 Å². The summed E-state index contributed by atoms with van der Waals surface area (Å²) < 4.78 is 11.2. The molecule has 7 heteroatoms. The van der Waals surface area contributed by atoms with Gasteiger partial charge in [-0.15, -0.1) is 0 Å². The van der Waals surface area contributed by atoms with Crippen molar-refractivity contribution in [1.82, 2.24) is 4.90 Å². The van der Waals surface area contributed by atoms with Gasteiger partial charge in [0.05, 0.1) is 17.5 Å². The number of hydrogen-bond donors (Lipinski definition) is 0. The number of esters is 1. The van der Waals surface area contributed by atoms with Crippen molar-refractivity contribution in [2.24, 2.45) is 11.8 Å². The van der Waals surface area contributed by atoms with Crippen molar-refractivity contribution in [2.75, 3.05) is 6.61 Å². The van der Waals surface area contributed by atoms with Crippen molar-refractivity contribution in [3.8, 4) is 0 Å². The number of ether oxygens (including phenoxy) is 2. The van der Waals surface area contributed by atoms with Gasteiger partial charge in [-0.3, -0.25) is 4.79 Å². The van der Waals surface area contributed by atoms with E-state index >= 15 is 0 Å². The predicted molar refractivity (Wildman–Crippen MR) is 155 cm³/mol. The van der Waals surface area contributed by atoms with Gasteiger partial charge in [0.1, 0.15) is 12.7 Å². The molecule has 1 saturated heterocycles. The predicted octanol–water partition coefficient (Wildman–Crippen LogP) is 5.19. The van der Waals surface area contributed by atoms with E-state index < -0.39 is 37.9 Å².